The molecule has 0 spiro atoms. The van der Waals surface area contributed by atoms with Crippen molar-refractivity contribution in [3.05, 3.63) is 113 Å². The third-order valence-corrected chi connectivity index (χ3v) is 8.04. The summed E-state index contributed by atoms with van der Waals surface area (Å²) < 4.78 is 13.0. The fraction of sp³-hybridized carbons (Fsp3) is 0.310. The minimum Gasteiger partial charge on any atom is -0.484 e. The van der Waals surface area contributed by atoms with Gasteiger partial charge in [-0.1, -0.05) is 77.4 Å². The molecule has 1 atom stereocenters. The Morgan fingerprint density at radius 3 is 2.14 bits per heavy atom. The molecule has 3 fully saturated rings. The summed E-state index contributed by atoms with van der Waals surface area (Å²) in [5, 5.41) is 17.0. The van der Waals surface area contributed by atoms with Crippen molar-refractivity contribution < 1.29 is 18.8 Å². The monoisotopic (exact) mass is 502 g/mol. The van der Waals surface area contributed by atoms with Crippen LogP contribution < -0.4 is 4.74 Å². The molecular formula is C29H29ClN3O3+. The number of piperidine rings is 3. The number of halogens is 1. The van der Waals surface area contributed by atoms with Crippen molar-refractivity contribution in [2.24, 2.45) is 5.92 Å². The van der Waals surface area contributed by atoms with Crippen LogP contribution in [0.1, 0.15) is 35.7 Å². The molecule has 1 unspecified atom stereocenters. The van der Waals surface area contributed by atoms with Crippen LogP contribution in [0.5, 0.6) is 5.75 Å². The van der Waals surface area contributed by atoms with Crippen molar-refractivity contribution in [1.82, 2.24) is 10.1 Å². The number of hydrogen-bond donors (Lipinski definition) is 1. The second-order valence-corrected chi connectivity index (χ2v) is 10.5. The Morgan fingerprint density at radius 2 is 1.53 bits per heavy atom. The molecule has 0 saturated carbocycles. The van der Waals surface area contributed by atoms with Crippen LogP contribution in [-0.2, 0) is 12.1 Å². The number of quaternary nitrogens is 1. The summed E-state index contributed by atoms with van der Waals surface area (Å²) in [6.07, 6.45) is 2.36. The van der Waals surface area contributed by atoms with Gasteiger partial charge in [-0.05, 0) is 35.4 Å². The van der Waals surface area contributed by atoms with Gasteiger partial charge in [-0.25, -0.2) is 0 Å². The van der Waals surface area contributed by atoms with Gasteiger partial charge in [0, 0.05) is 23.8 Å². The van der Waals surface area contributed by atoms with E-state index in [9.17, 15) is 5.11 Å². The lowest BCUT2D eigenvalue weighted by molar-refractivity contribution is -0.959. The average Bonchev–Trinajstić information content (AvgIpc) is 3.39. The molecule has 0 radical (unpaired) electrons. The molecule has 3 aliphatic heterocycles. The van der Waals surface area contributed by atoms with Gasteiger partial charge in [-0.3, -0.25) is 0 Å². The van der Waals surface area contributed by atoms with Gasteiger partial charge in [-0.15, -0.1) is 0 Å². The Kier molecular flexibility index (Phi) is 6.04. The summed E-state index contributed by atoms with van der Waals surface area (Å²) in [6.45, 7) is 3.64. The normalized spacial score (nSPS) is 23.5. The predicted molar refractivity (Wildman–Crippen MR) is 136 cm³/mol. The summed E-state index contributed by atoms with van der Waals surface area (Å²) in [4.78, 5) is 4.76. The molecule has 0 aliphatic carbocycles. The van der Waals surface area contributed by atoms with Crippen LogP contribution in [0.2, 0.25) is 5.02 Å². The van der Waals surface area contributed by atoms with E-state index < -0.39 is 5.60 Å². The lowest BCUT2D eigenvalue weighted by Crippen LogP contribution is -2.64. The first kappa shape index (κ1) is 23.2. The van der Waals surface area contributed by atoms with Crippen LogP contribution in [-0.4, -0.2) is 45.5 Å². The number of fused-ring (bicyclic) bond motifs is 3. The Morgan fingerprint density at radius 1 is 0.917 bits per heavy atom. The second-order valence-electron chi connectivity index (χ2n) is 10.0. The molecule has 7 heteroatoms. The Balaban J connectivity index is 1.26. The smallest absolute Gasteiger partial charge is 0.282 e. The zero-order chi connectivity index (χ0) is 24.6. The van der Waals surface area contributed by atoms with Gasteiger partial charge in [-0.2, -0.15) is 4.98 Å². The molecule has 6 nitrogen and oxygen atoms in total. The first-order chi connectivity index (χ1) is 17.5. The third kappa shape index (κ3) is 4.30. The highest BCUT2D eigenvalue weighted by Crippen LogP contribution is 2.39. The van der Waals surface area contributed by atoms with Crippen LogP contribution in [0.15, 0.2) is 89.5 Å². The van der Waals surface area contributed by atoms with Gasteiger partial charge in [0.05, 0.1) is 13.1 Å². The Bertz CT molecular complexity index is 1260. The first-order valence-electron chi connectivity index (χ1n) is 12.5. The summed E-state index contributed by atoms with van der Waals surface area (Å²) in [6, 6.07) is 26.6. The Labute approximate surface area is 215 Å². The maximum absolute atomic E-state index is 12.0. The maximum atomic E-state index is 12.0. The minimum absolute atomic E-state index is 0.140. The van der Waals surface area contributed by atoms with Crippen molar-refractivity contribution >= 4 is 11.6 Å². The second kappa shape index (κ2) is 9.36. The molecule has 36 heavy (non-hydrogen) atoms. The number of hydrogen-bond acceptors (Lipinski definition) is 5. The number of ether oxygens (including phenoxy) is 1. The highest BCUT2D eigenvalue weighted by atomic mass is 35.5. The zero-order valence-corrected chi connectivity index (χ0v) is 20.7. The van der Waals surface area contributed by atoms with Crippen molar-refractivity contribution in [2.45, 2.75) is 31.1 Å². The number of aliphatic hydroxyl groups is 1. The molecule has 4 aromatic rings. The summed E-state index contributed by atoms with van der Waals surface area (Å²) in [5.41, 5.74) is -0.101. The van der Waals surface area contributed by atoms with Crippen LogP contribution in [0.3, 0.4) is 0 Å². The third-order valence-electron chi connectivity index (χ3n) is 7.79. The number of benzene rings is 3. The van der Waals surface area contributed by atoms with E-state index in [1.165, 1.54) is 0 Å². The minimum atomic E-state index is -1.50. The average molecular weight is 503 g/mol. The highest BCUT2D eigenvalue weighted by Gasteiger charge is 2.48. The van der Waals surface area contributed by atoms with Gasteiger partial charge < -0.3 is 18.8 Å². The fourth-order valence-corrected chi connectivity index (χ4v) is 5.93. The van der Waals surface area contributed by atoms with E-state index in [2.05, 4.69) is 5.16 Å². The summed E-state index contributed by atoms with van der Waals surface area (Å²) >= 11 is 6.04. The van der Waals surface area contributed by atoms with Crippen molar-refractivity contribution in [2.75, 3.05) is 19.6 Å². The fourth-order valence-electron chi connectivity index (χ4n) is 5.80. The summed E-state index contributed by atoms with van der Waals surface area (Å²) in [5.74, 6) is 2.21. The van der Waals surface area contributed by atoms with E-state index in [0.29, 0.717) is 34.5 Å². The standard InChI is InChI=1S/C29H29ClN3O3/c30-24-11-13-25(14-12-24)35-26-19-33(17-15-21(26)16-18-33)20-27-31-28(32-36-27)29(34,22-7-3-1-4-8-22)23-9-5-2-6-10-23/h1-14,21,26,34H,15-20H2/q+1. The SMILES string of the molecule is OC(c1ccccc1)(c1ccccc1)c1noc(C[N+]23CCC(CC2)C(Oc2ccc(Cl)cc2)C3)n1. The molecule has 0 amide bonds. The topological polar surface area (TPSA) is 68.4 Å². The van der Waals surface area contributed by atoms with Gasteiger partial charge >= 0.3 is 0 Å². The van der Waals surface area contributed by atoms with Crippen LogP contribution in [0, 0.1) is 5.92 Å². The largest absolute Gasteiger partial charge is 0.484 e. The van der Waals surface area contributed by atoms with Gasteiger partial charge in [0.25, 0.3) is 5.89 Å². The molecule has 1 aromatic heterocycles. The van der Waals surface area contributed by atoms with E-state index in [4.69, 9.17) is 25.8 Å². The van der Waals surface area contributed by atoms with Crippen molar-refractivity contribution in [3.8, 4) is 5.75 Å². The van der Waals surface area contributed by atoms with E-state index in [1.807, 2.05) is 84.9 Å². The van der Waals surface area contributed by atoms with Crippen molar-refractivity contribution in [3.63, 3.8) is 0 Å². The van der Waals surface area contributed by atoms with Crippen LogP contribution >= 0.6 is 11.6 Å². The molecule has 4 heterocycles. The molecule has 184 valence electrons. The quantitative estimate of drug-likeness (QED) is 0.352. The molecule has 3 aliphatic rings. The number of aromatic nitrogens is 2. The number of rotatable bonds is 7. The zero-order valence-electron chi connectivity index (χ0n) is 20.0. The molecule has 1 N–H and O–H groups in total. The van der Waals surface area contributed by atoms with Crippen LogP contribution in [0.4, 0.5) is 0 Å². The van der Waals surface area contributed by atoms with Gasteiger partial charge in [0.1, 0.15) is 12.3 Å². The van der Waals surface area contributed by atoms with E-state index >= 15 is 0 Å². The molecule has 3 aromatic carbocycles. The van der Waals surface area contributed by atoms with E-state index in [1.54, 1.807) is 0 Å². The van der Waals surface area contributed by atoms with E-state index in [-0.39, 0.29) is 11.9 Å². The van der Waals surface area contributed by atoms with Crippen molar-refractivity contribution in [1.29, 1.82) is 0 Å². The Hall–Kier alpha value is -3.19. The maximum Gasteiger partial charge on any atom is 0.282 e. The first-order valence-corrected chi connectivity index (χ1v) is 12.9. The summed E-state index contributed by atoms with van der Waals surface area (Å²) in [7, 11) is 0. The highest BCUT2D eigenvalue weighted by molar-refractivity contribution is 6.30. The molecule has 2 bridgehead atoms. The molecule has 7 rings (SSSR count). The molecule has 3 saturated heterocycles. The van der Waals surface area contributed by atoms with Gasteiger partial charge in [0.15, 0.2) is 18.2 Å². The number of nitrogens with zero attached hydrogens (tertiary/aromatic N) is 3. The lowest BCUT2D eigenvalue weighted by atomic mass is 9.83. The van der Waals surface area contributed by atoms with E-state index in [0.717, 1.165) is 42.7 Å². The molecular weight excluding hydrogens is 474 g/mol. The van der Waals surface area contributed by atoms with Gasteiger partial charge in [0.2, 0.25) is 5.82 Å². The lowest BCUT2D eigenvalue weighted by Gasteiger charge is -2.51. The van der Waals surface area contributed by atoms with Crippen LogP contribution in [0.25, 0.3) is 0 Å². The predicted octanol–water partition coefficient (Wildman–Crippen LogP) is 5.20.